The smallest absolute Gasteiger partial charge is 0.262 e. The third-order valence-corrected chi connectivity index (χ3v) is 5.86. The zero-order valence-corrected chi connectivity index (χ0v) is 16.7. The lowest BCUT2D eigenvalue weighted by Crippen LogP contribution is -2.22. The highest BCUT2D eigenvalue weighted by Gasteiger charge is 2.29. The largest absolute Gasteiger partial charge is 0.338 e. The molecule has 152 valence electrons. The zero-order valence-electron chi connectivity index (χ0n) is 15.9. The Balaban J connectivity index is 1.45. The standard InChI is InChI=1S/C21H16F2N4O2S/c1-11-2-4-12(5-3-11)19-25-18(29-26-19)10-30-21-24-17-9-16(23)15(22)8-14(17)20(28)27(21)13-6-7-13/h2-5,8-9,13H,6-7,10H2,1H3. The first-order chi connectivity index (χ1) is 14.5. The van der Waals surface area contributed by atoms with E-state index in [1.807, 2.05) is 31.2 Å². The molecule has 1 aliphatic carbocycles. The monoisotopic (exact) mass is 426 g/mol. The molecule has 1 fully saturated rings. The second-order valence-corrected chi connectivity index (χ2v) is 8.19. The molecule has 2 aromatic heterocycles. The molecular formula is C21H16F2N4O2S. The number of hydrogen-bond acceptors (Lipinski definition) is 6. The van der Waals surface area contributed by atoms with Gasteiger partial charge in [-0.3, -0.25) is 9.36 Å². The number of hydrogen-bond donors (Lipinski definition) is 0. The van der Waals surface area contributed by atoms with Crippen LogP contribution in [0.1, 0.15) is 30.3 Å². The molecule has 5 rings (SSSR count). The van der Waals surface area contributed by atoms with Crippen LogP contribution in [-0.2, 0) is 5.75 Å². The number of benzene rings is 2. The molecule has 0 atom stereocenters. The lowest BCUT2D eigenvalue weighted by Gasteiger charge is -2.11. The van der Waals surface area contributed by atoms with Gasteiger partial charge in [0, 0.05) is 17.7 Å². The highest BCUT2D eigenvalue weighted by atomic mass is 32.2. The molecule has 0 spiro atoms. The summed E-state index contributed by atoms with van der Waals surface area (Å²) in [5, 5.41) is 4.51. The number of aryl methyl sites for hydroxylation is 1. The maximum atomic E-state index is 13.7. The van der Waals surface area contributed by atoms with Gasteiger partial charge in [0.05, 0.1) is 16.7 Å². The molecule has 0 amide bonds. The van der Waals surface area contributed by atoms with Crippen molar-refractivity contribution in [2.75, 3.05) is 0 Å². The van der Waals surface area contributed by atoms with E-state index in [0.29, 0.717) is 22.6 Å². The minimum absolute atomic E-state index is 0.0239. The second kappa shape index (κ2) is 7.32. The second-order valence-electron chi connectivity index (χ2n) is 7.25. The summed E-state index contributed by atoms with van der Waals surface area (Å²) in [6.07, 6.45) is 1.70. The molecule has 30 heavy (non-hydrogen) atoms. The Morgan fingerprint density at radius 1 is 1.13 bits per heavy atom. The molecule has 2 heterocycles. The van der Waals surface area contributed by atoms with Gasteiger partial charge in [-0.2, -0.15) is 4.98 Å². The minimum Gasteiger partial charge on any atom is -0.338 e. The average Bonchev–Trinajstić information content (AvgIpc) is 3.45. The Kier molecular flexibility index (Phi) is 4.62. The lowest BCUT2D eigenvalue weighted by molar-refractivity contribution is 0.391. The predicted molar refractivity (Wildman–Crippen MR) is 108 cm³/mol. The van der Waals surface area contributed by atoms with Gasteiger partial charge in [-0.05, 0) is 25.8 Å². The molecule has 6 nitrogen and oxygen atoms in total. The Labute approximate surface area is 173 Å². The van der Waals surface area contributed by atoms with Gasteiger partial charge in [0.15, 0.2) is 16.8 Å². The van der Waals surface area contributed by atoms with Gasteiger partial charge in [-0.25, -0.2) is 13.8 Å². The summed E-state index contributed by atoms with van der Waals surface area (Å²) in [4.78, 5) is 21.7. The van der Waals surface area contributed by atoms with Crippen LogP contribution in [0.15, 0.2) is 50.9 Å². The van der Waals surface area contributed by atoms with E-state index < -0.39 is 11.6 Å². The molecule has 0 N–H and O–H groups in total. The number of fused-ring (bicyclic) bond motifs is 1. The van der Waals surface area contributed by atoms with Crippen molar-refractivity contribution in [1.29, 1.82) is 0 Å². The normalized spacial score (nSPS) is 13.8. The first-order valence-corrected chi connectivity index (χ1v) is 10.4. The summed E-state index contributed by atoms with van der Waals surface area (Å²) in [7, 11) is 0. The van der Waals surface area contributed by atoms with Gasteiger partial charge in [-0.15, -0.1) is 0 Å². The number of nitrogens with zero attached hydrogens (tertiary/aromatic N) is 4. The molecule has 1 saturated carbocycles. The van der Waals surface area contributed by atoms with Crippen LogP contribution in [0.4, 0.5) is 8.78 Å². The molecule has 9 heteroatoms. The third kappa shape index (κ3) is 3.49. The molecule has 0 radical (unpaired) electrons. The summed E-state index contributed by atoms with van der Waals surface area (Å²) >= 11 is 1.26. The molecule has 0 aliphatic heterocycles. The molecule has 2 aromatic carbocycles. The van der Waals surface area contributed by atoms with Crippen molar-refractivity contribution in [3.8, 4) is 11.4 Å². The van der Waals surface area contributed by atoms with Crippen molar-refractivity contribution < 1.29 is 13.3 Å². The number of rotatable bonds is 5. The Morgan fingerprint density at radius 2 is 1.87 bits per heavy atom. The summed E-state index contributed by atoms with van der Waals surface area (Å²) in [6.45, 7) is 2.00. The fraction of sp³-hybridized carbons (Fsp3) is 0.238. The molecule has 4 aromatic rings. The van der Waals surface area contributed by atoms with Crippen molar-refractivity contribution in [2.24, 2.45) is 0 Å². The van der Waals surface area contributed by atoms with Gasteiger partial charge in [0.25, 0.3) is 5.56 Å². The van der Waals surface area contributed by atoms with Crippen molar-refractivity contribution in [3.05, 3.63) is 69.8 Å². The van der Waals surface area contributed by atoms with Gasteiger partial charge in [0.2, 0.25) is 11.7 Å². The molecule has 1 aliphatic rings. The van der Waals surface area contributed by atoms with E-state index in [0.717, 1.165) is 36.1 Å². The minimum atomic E-state index is -1.06. The average molecular weight is 426 g/mol. The van der Waals surface area contributed by atoms with Crippen LogP contribution in [-0.4, -0.2) is 19.7 Å². The fourth-order valence-electron chi connectivity index (χ4n) is 3.19. The Hall–Kier alpha value is -3.07. The van der Waals surface area contributed by atoms with E-state index in [1.54, 1.807) is 4.57 Å². The van der Waals surface area contributed by atoms with Crippen LogP contribution < -0.4 is 5.56 Å². The number of thioether (sulfide) groups is 1. The maximum absolute atomic E-state index is 13.7. The predicted octanol–water partition coefficient (Wildman–Crippen LogP) is 4.66. The first kappa shape index (κ1) is 18.9. The summed E-state index contributed by atoms with van der Waals surface area (Å²) in [5.41, 5.74) is 1.74. The Bertz CT molecular complexity index is 1310. The number of halogens is 2. The Morgan fingerprint density at radius 3 is 2.60 bits per heavy atom. The van der Waals surface area contributed by atoms with Crippen LogP contribution in [0.5, 0.6) is 0 Å². The van der Waals surface area contributed by atoms with Gasteiger partial charge < -0.3 is 4.52 Å². The van der Waals surface area contributed by atoms with Crippen LogP contribution in [0.3, 0.4) is 0 Å². The maximum Gasteiger partial charge on any atom is 0.262 e. The summed E-state index contributed by atoms with van der Waals surface area (Å²) < 4.78 is 34.2. The van der Waals surface area contributed by atoms with E-state index in [1.165, 1.54) is 11.8 Å². The van der Waals surface area contributed by atoms with E-state index in [-0.39, 0.29) is 22.5 Å². The van der Waals surface area contributed by atoms with Crippen molar-refractivity contribution >= 4 is 22.7 Å². The van der Waals surface area contributed by atoms with Crippen molar-refractivity contribution in [1.82, 2.24) is 19.7 Å². The third-order valence-electron chi connectivity index (χ3n) is 4.92. The van der Waals surface area contributed by atoms with Crippen LogP contribution >= 0.6 is 11.8 Å². The quantitative estimate of drug-likeness (QED) is 0.341. The first-order valence-electron chi connectivity index (χ1n) is 9.43. The van der Waals surface area contributed by atoms with Crippen molar-refractivity contribution in [2.45, 2.75) is 36.7 Å². The fourth-order valence-corrected chi connectivity index (χ4v) is 4.09. The highest BCUT2D eigenvalue weighted by Crippen LogP contribution is 2.37. The summed E-state index contributed by atoms with van der Waals surface area (Å²) in [5.74, 6) is -0.924. The lowest BCUT2D eigenvalue weighted by atomic mass is 10.1. The molecular weight excluding hydrogens is 410 g/mol. The molecule has 0 saturated heterocycles. The van der Waals surface area contributed by atoms with Crippen LogP contribution in [0.25, 0.3) is 22.3 Å². The van der Waals surface area contributed by atoms with Gasteiger partial charge >= 0.3 is 0 Å². The molecule has 0 unspecified atom stereocenters. The van der Waals surface area contributed by atoms with Gasteiger partial charge in [0.1, 0.15) is 0 Å². The zero-order chi connectivity index (χ0) is 20.8. The van der Waals surface area contributed by atoms with Crippen LogP contribution in [0.2, 0.25) is 0 Å². The number of aromatic nitrogens is 4. The highest BCUT2D eigenvalue weighted by molar-refractivity contribution is 7.98. The van der Waals surface area contributed by atoms with E-state index in [2.05, 4.69) is 15.1 Å². The van der Waals surface area contributed by atoms with Crippen molar-refractivity contribution in [3.63, 3.8) is 0 Å². The van der Waals surface area contributed by atoms with E-state index in [4.69, 9.17) is 4.52 Å². The van der Waals surface area contributed by atoms with E-state index in [9.17, 15) is 13.6 Å². The van der Waals surface area contributed by atoms with Gasteiger partial charge in [-0.1, -0.05) is 46.7 Å². The molecule has 0 bridgehead atoms. The topological polar surface area (TPSA) is 73.8 Å². The van der Waals surface area contributed by atoms with E-state index >= 15 is 0 Å². The van der Waals surface area contributed by atoms with Crippen LogP contribution in [0, 0.1) is 18.6 Å². The summed E-state index contributed by atoms with van der Waals surface area (Å²) in [6, 6.07) is 9.66. The SMILES string of the molecule is Cc1ccc(-c2noc(CSc3nc4cc(F)c(F)cc4c(=O)n3C3CC3)n2)cc1.